The van der Waals surface area contributed by atoms with Crippen molar-refractivity contribution in [1.29, 1.82) is 0 Å². The maximum atomic E-state index is 14.3. The van der Waals surface area contributed by atoms with E-state index in [0.29, 0.717) is 19.4 Å². The van der Waals surface area contributed by atoms with E-state index in [4.69, 9.17) is 9.47 Å². The van der Waals surface area contributed by atoms with E-state index in [2.05, 4.69) is 12.2 Å². The fourth-order valence-electron chi connectivity index (χ4n) is 6.10. The van der Waals surface area contributed by atoms with Crippen molar-refractivity contribution in [2.45, 2.75) is 82.8 Å². The van der Waals surface area contributed by atoms with Gasteiger partial charge in [0, 0.05) is 32.2 Å². The molecule has 2 N–H and O–H groups in total. The molecule has 3 amide bonds. The molecular formula is C27H39N3O7. The molecule has 4 aliphatic rings. The van der Waals surface area contributed by atoms with Gasteiger partial charge in [0.05, 0.1) is 18.6 Å². The summed E-state index contributed by atoms with van der Waals surface area (Å²) in [6.45, 7) is 6.28. The van der Waals surface area contributed by atoms with Crippen LogP contribution in [-0.4, -0.2) is 94.7 Å². The number of rotatable bonds is 6. The quantitative estimate of drug-likeness (QED) is 0.397. The second kappa shape index (κ2) is 11.3. The molecular weight excluding hydrogens is 478 g/mol. The van der Waals surface area contributed by atoms with Gasteiger partial charge in [0.1, 0.15) is 23.7 Å². The van der Waals surface area contributed by atoms with Crippen LogP contribution in [0.25, 0.3) is 0 Å². The summed E-state index contributed by atoms with van der Waals surface area (Å²) < 4.78 is 12.0. The van der Waals surface area contributed by atoms with Gasteiger partial charge in [0.2, 0.25) is 17.7 Å². The first kappa shape index (κ1) is 27.3. The average Bonchev–Trinajstić information content (AvgIpc) is 3.50. The van der Waals surface area contributed by atoms with Crippen molar-refractivity contribution in [1.82, 2.24) is 15.1 Å². The molecule has 37 heavy (non-hydrogen) atoms. The lowest BCUT2D eigenvalue weighted by atomic mass is 9.74. The van der Waals surface area contributed by atoms with Crippen molar-refractivity contribution in [3.8, 4) is 0 Å². The molecule has 0 aromatic heterocycles. The highest BCUT2D eigenvalue weighted by Crippen LogP contribution is 2.55. The molecule has 1 spiro atoms. The number of carbonyl (C=O) groups excluding carboxylic acids is 4. The summed E-state index contributed by atoms with van der Waals surface area (Å²) in [6.07, 6.45) is 8.82. The summed E-state index contributed by atoms with van der Waals surface area (Å²) in [4.78, 5) is 56.9. The Bertz CT molecular complexity index is 966. The molecule has 7 atom stereocenters. The number of amides is 3. The van der Waals surface area contributed by atoms with E-state index in [1.54, 1.807) is 24.0 Å². The number of allylic oxidation sites excluding steroid dienone is 1. The molecule has 0 aromatic rings. The third-order valence-electron chi connectivity index (χ3n) is 7.87. The van der Waals surface area contributed by atoms with E-state index in [-0.39, 0.29) is 49.9 Å². The van der Waals surface area contributed by atoms with Gasteiger partial charge in [-0.2, -0.15) is 0 Å². The van der Waals surface area contributed by atoms with E-state index in [1.807, 2.05) is 19.1 Å². The van der Waals surface area contributed by atoms with E-state index in [1.165, 1.54) is 4.90 Å². The zero-order valence-corrected chi connectivity index (χ0v) is 21.9. The highest BCUT2D eigenvalue weighted by Gasteiger charge is 2.73. The summed E-state index contributed by atoms with van der Waals surface area (Å²) in [5.74, 6) is -3.08. The Morgan fingerprint density at radius 1 is 1.22 bits per heavy atom. The number of fused-ring (bicyclic) bond motifs is 2. The van der Waals surface area contributed by atoms with Gasteiger partial charge in [-0.15, -0.1) is 0 Å². The van der Waals surface area contributed by atoms with Crippen molar-refractivity contribution in [2.24, 2.45) is 11.8 Å². The minimum atomic E-state index is -1.27. The Kier molecular flexibility index (Phi) is 8.38. The van der Waals surface area contributed by atoms with Crippen LogP contribution in [0.5, 0.6) is 0 Å². The molecule has 4 heterocycles. The zero-order valence-electron chi connectivity index (χ0n) is 21.9. The predicted molar refractivity (Wildman–Crippen MR) is 134 cm³/mol. The third-order valence-corrected chi connectivity index (χ3v) is 7.87. The Morgan fingerprint density at radius 2 is 2.00 bits per heavy atom. The van der Waals surface area contributed by atoms with Crippen LogP contribution < -0.4 is 5.32 Å². The number of aliphatic hydroxyl groups is 1. The van der Waals surface area contributed by atoms with Gasteiger partial charge in [-0.1, -0.05) is 37.6 Å². The second-order valence-electron chi connectivity index (χ2n) is 10.5. The molecule has 10 heteroatoms. The molecule has 10 nitrogen and oxygen atoms in total. The van der Waals surface area contributed by atoms with Gasteiger partial charge >= 0.3 is 5.97 Å². The highest BCUT2D eigenvalue weighted by molar-refractivity contribution is 5.99. The fourth-order valence-corrected chi connectivity index (χ4v) is 6.10. The lowest BCUT2D eigenvalue weighted by Crippen LogP contribution is -2.57. The third kappa shape index (κ3) is 5.05. The van der Waals surface area contributed by atoms with Gasteiger partial charge in [0.15, 0.2) is 0 Å². The van der Waals surface area contributed by atoms with E-state index in [9.17, 15) is 24.3 Å². The van der Waals surface area contributed by atoms with Crippen molar-refractivity contribution in [3.05, 3.63) is 24.3 Å². The smallest absolute Gasteiger partial charge is 0.313 e. The molecule has 2 saturated heterocycles. The number of hydrogen-bond acceptors (Lipinski definition) is 7. The van der Waals surface area contributed by atoms with Crippen molar-refractivity contribution < 1.29 is 33.8 Å². The predicted octanol–water partition coefficient (Wildman–Crippen LogP) is 0.935. The van der Waals surface area contributed by atoms with Crippen LogP contribution in [0.4, 0.5) is 0 Å². The van der Waals surface area contributed by atoms with Crippen molar-refractivity contribution in [3.63, 3.8) is 0 Å². The Labute approximate surface area is 218 Å². The largest absolute Gasteiger partial charge is 0.460 e. The molecule has 0 radical (unpaired) electrons. The lowest BCUT2D eigenvalue weighted by molar-refractivity contribution is -0.158. The van der Waals surface area contributed by atoms with Crippen LogP contribution in [-0.2, 0) is 28.7 Å². The maximum absolute atomic E-state index is 14.3. The first-order valence-corrected chi connectivity index (χ1v) is 13.5. The van der Waals surface area contributed by atoms with Crippen LogP contribution in [0, 0.1) is 11.8 Å². The van der Waals surface area contributed by atoms with Gasteiger partial charge in [-0.3, -0.25) is 19.2 Å². The number of carbonyl (C=O) groups is 4. The number of nitrogens with one attached hydrogen (secondary N) is 1. The van der Waals surface area contributed by atoms with Crippen molar-refractivity contribution in [2.75, 3.05) is 26.2 Å². The Balaban J connectivity index is 1.75. The van der Waals surface area contributed by atoms with E-state index in [0.717, 1.165) is 12.8 Å². The number of ether oxygens (including phenoxy) is 2. The summed E-state index contributed by atoms with van der Waals surface area (Å²) in [6, 6.07) is -1.04. The van der Waals surface area contributed by atoms with E-state index < -0.39 is 41.7 Å². The number of hydrogen-bond donors (Lipinski definition) is 2. The molecule has 204 valence electrons. The Morgan fingerprint density at radius 3 is 2.73 bits per heavy atom. The van der Waals surface area contributed by atoms with Crippen LogP contribution in [0.3, 0.4) is 0 Å². The molecule has 5 bridgehead atoms. The first-order chi connectivity index (χ1) is 17.7. The number of esters is 1. The van der Waals surface area contributed by atoms with Gasteiger partial charge in [0.25, 0.3) is 0 Å². The monoisotopic (exact) mass is 517 g/mol. The molecule has 0 aliphatic carbocycles. The van der Waals surface area contributed by atoms with Crippen molar-refractivity contribution >= 4 is 23.7 Å². The molecule has 2 fully saturated rings. The van der Waals surface area contributed by atoms with E-state index >= 15 is 0 Å². The van der Waals surface area contributed by atoms with Crippen LogP contribution in [0.1, 0.15) is 52.9 Å². The van der Waals surface area contributed by atoms with Crippen LogP contribution >= 0.6 is 0 Å². The van der Waals surface area contributed by atoms with Gasteiger partial charge in [-0.05, 0) is 33.1 Å². The summed E-state index contributed by atoms with van der Waals surface area (Å²) in [5.41, 5.74) is -1.27. The standard InChI is InChI=1S/C27H39N3O7/c1-4-9-17(2)29-13-7-5-6-10-20(32)28-16-18(3)36-26(35)21-19-11-12-27(37-19)22(21)24(33)30(14-8-15-31)23(27)25(29)34/h5,7,11-12,17-19,21-23,31H,4,6,8-10,13-16H2,1-3H3,(H,28,32)/b7-5-/t17?,18-,19+,21-,22-,23+,27-/m0/s1. The van der Waals surface area contributed by atoms with Gasteiger partial charge < -0.3 is 29.7 Å². The minimum absolute atomic E-state index is 0.0954. The fraction of sp³-hybridized carbons (Fsp3) is 0.704. The number of aliphatic hydroxyl groups excluding tert-OH is 1. The SMILES string of the molecule is CCCC(C)N1C/C=C\CCC(=O)NC[C@H](C)OC(=O)[C@@H]2[C@H]3C(=O)N(CCCO)[C@H](C1=O)[C@]31C=C[C@H]2O1. The first-order valence-electron chi connectivity index (χ1n) is 13.5. The molecule has 0 aromatic carbocycles. The Hall–Kier alpha value is -2.72. The summed E-state index contributed by atoms with van der Waals surface area (Å²) in [5, 5.41) is 12.3. The second-order valence-corrected chi connectivity index (χ2v) is 10.5. The zero-order chi connectivity index (χ0) is 26.7. The molecule has 4 rings (SSSR count). The summed E-state index contributed by atoms with van der Waals surface area (Å²) in [7, 11) is 0. The van der Waals surface area contributed by atoms with Crippen LogP contribution in [0.2, 0.25) is 0 Å². The highest BCUT2D eigenvalue weighted by atomic mass is 16.6. The van der Waals surface area contributed by atoms with Gasteiger partial charge in [-0.25, -0.2) is 0 Å². The normalized spacial score (nSPS) is 35.9. The lowest BCUT2D eigenvalue weighted by Gasteiger charge is -2.38. The van der Waals surface area contributed by atoms with Crippen LogP contribution in [0.15, 0.2) is 24.3 Å². The average molecular weight is 518 g/mol. The maximum Gasteiger partial charge on any atom is 0.313 e. The minimum Gasteiger partial charge on any atom is -0.460 e. The molecule has 0 saturated carbocycles. The number of nitrogens with zero attached hydrogens (tertiary/aromatic N) is 2. The molecule has 4 aliphatic heterocycles. The number of cyclic esters (lactones) is 1. The molecule has 1 unspecified atom stereocenters. The number of likely N-dealkylation sites (tertiary alicyclic amines) is 1. The summed E-state index contributed by atoms with van der Waals surface area (Å²) >= 11 is 0. The topological polar surface area (TPSA) is 125 Å².